The normalized spacial score (nSPS) is 14.2. The zero-order valence-electron chi connectivity index (χ0n) is 31.5. The zero-order valence-corrected chi connectivity index (χ0v) is 31.5. The average molecular weight is 750 g/mol. The van der Waals surface area contributed by atoms with Crippen molar-refractivity contribution in [3.63, 3.8) is 0 Å². The maximum atomic E-state index is 13.5. The molecule has 1 saturated heterocycles. The van der Waals surface area contributed by atoms with Crippen molar-refractivity contribution in [2.24, 2.45) is 0 Å². The maximum absolute atomic E-state index is 13.5. The Bertz CT molecular complexity index is 2390. The molecule has 3 heterocycles. The molecule has 1 fully saturated rings. The first-order valence-electron chi connectivity index (χ1n) is 18.4. The number of terminal acetylenes is 1. The molecular formula is C43H43N9O4. The smallest absolute Gasteiger partial charge is 0.324 e. The number of hydrogen-bond donors (Lipinski definition) is 4. The first-order chi connectivity index (χ1) is 27.2. The predicted molar refractivity (Wildman–Crippen MR) is 218 cm³/mol. The lowest BCUT2D eigenvalue weighted by Gasteiger charge is -2.35. The molecular weight excluding hydrogens is 707 g/mol. The van der Waals surface area contributed by atoms with Gasteiger partial charge in [-0.05, 0) is 55.3 Å². The number of carbonyl (C=O) groups excluding carboxylic acids is 2. The number of aryl methyl sites for hydroxylation is 1. The maximum Gasteiger partial charge on any atom is 0.324 e. The summed E-state index contributed by atoms with van der Waals surface area (Å²) in [7, 11) is 0. The number of amides is 3. The van der Waals surface area contributed by atoms with Crippen LogP contribution in [0, 0.1) is 19.3 Å². The molecule has 1 atom stereocenters. The van der Waals surface area contributed by atoms with E-state index in [9.17, 15) is 9.59 Å². The van der Waals surface area contributed by atoms with Crippen molar-refractivity contribution >= 4 is 40.2 Å². The molecule has 4 N–H and O–H groups in total. The van der Waals surface area contributed by atoms with E-state index in [0.29, 0.717) is 73.1 Å². The number of fused-ring (bicyclic) bond motifs is 1. The summed E-state index contributed by atoms with van der Waals surface area (Å²) >= 11 is 0. The Morgan fingerprint density at radius 1 is 0.982 bits per heavy atom. The van der Waals surface area contributed by atoms with E-state index in [0.717, 1.165) is 27.7 Å². The number of benzene rings is 4. The van der Waals surface area contributed by atoms with Gasteiger partial charge in [-0.25, -0.2) is 14.5 Å². The highest BCUT2D eigenvalue weighted by Crippen LogP contribution is 2.34. The molecule has 7 rings (SSSR count). The second-order valence-corrected chi connectivity index (χ2v) is 13.7. The third-order valence-corrected chi connectivity index (χ3v) is 9.33. The number of anilines is 3. The summed E-state index contributed by atoms with van der Waals surface area (Å²) in [6, 6.07) is 29.4. The van der Waals surface area contributed by atoms with Gasteiger partial charge in [-0.2, -0.15) is 10.1 Å². The Morgan fingerprint density at radius 2 is 1.80 bits per heavy atom. The molecule has 284 valence electrons. The van der Waals surface area contributed by atoms with Gasteiger partial charge in [0.05, 0.1) is 30.3 Å². The van der Waals surface area contributed by atoms with E-state index in [-0.39, 0.29) is 18.0 Å². The van der Waals surface area contributed by atoms with E-state index in [1.165, 1.54) is 0 Å². The second-order valence-electron chi connectivity index (χ2n) is 13.7. The van der Waals surface area contributed by atoms with Gasteiger partial charge in [0.25, 0.3) is 5.91 Å². The zero-order chi connectivity index (χ0) is 39.0. The number of aromatic nitrogens is 4. The molecule has 2 aromatic heterocycles. The SMILES string of the molecule is C#Cc1cccc(C(=O)NCCN2CCOCC2Nc2nccc(Oc3ccc(NC(=O)Nc4cc(C(C)C)nn4-c4ccc(C)cc4)c4ccccc34)n2)c1. The highest BCUT2D eigenvalue weighted by Gasteiger charge is 2.24. The van der Waals surface area contributed by atoms with Gasteiger partial charge in [-0.15, -0.1) is 6.42 Å². The van der Waals surface area contributed by atoms with Crippen LogP contribution in [0.25, 0.3) is 16.5 Å². The van der Waals surface area contributed by atoms with Crippen LogP contribution in [0.1, 0.15) is 46.9 Å². The number of ether oxygens (including phenoxy) is 2. The highest BCUT2D eigenvalue weighted by atomic mass is 16.5. The predicted octanol–water partition coefficient (Wildman–Crippen LogP) is 7.17. The molecule has 1 aliphatic rings. The minimum Gasteiger partial charge on any atom is -0.438 e. The summed E-state index contributed by atoms with van der Waals surface area (Å²) in [4.78, 5) is 37.4. The lowest BCUT2D eigenvalue weighted by Crippen LogP contribution is -2.52. The third-order valence-electron chi connectivity index (χ3n) is 9.33. The van der Waals surface area contributed by atoms with Gasteiger partial charge in [0.15, 0.2) is 0 Å². The molecule has 13 heteroatoms. The molecule has 0 spiro atoms. The van der Waals surface area contributed by atoms with Crippen molar-refractivity contribution in [2.45, 2.75) is 32.9 Å². The lowest BCUT2D eigenvalue weighted by atomic mass is 10.1. The van der Waals surface area contributed by atoms with Gasteiger partial charge in [0.1, 0.15) is 17.7 Å². The minimum absolute atomic E-state index is 0.176. The van der Waals surface area contributed by atoms with Gasteiger partial charge in [0, 0.05) is 59.9 Å². The summed E-state index contributed by atoms with van der Waals surface area (Å²) in [6.45, 7) is 8.81. The Labute approximate surface area is 325 Å². The summed E-state index contributed by atoms with van der Waals surface area (Å²) in [6.07, 6.45) is 6.88. The number of nitrogens with zero attached hydrogens (tertiary/aromatic N) is 5. The van der Waals surface area contributed by atoms with E-state index in [4.69, 9.17) is 21.0 Å². The van der Waals surface area contributed by atoms with Crippen LogP contribution in [0.4, 0.5) is 22.2 Å². The number of carbonyl (C=O) groups is 2. The number of urea groups is 1. The van der Waals surface area contributed by atoms with Crippen LogP contribution in [0.15, 0.2) is 103 Å². The first kappa shape index (κ1) is 37.6. The number of hydrogen-bond acceptors (Lipinski definition) is 9. The summed E-state index contributed by atoms with van der Waals surface area (Å²) in [5.41, 5.74) is 4.63. The van der Waals surface area contributed by atoms with Crippen LogP contribution >= 0.6 is 0 Å². The van der Waals surface area contributed by atoms with E-state index in [2.05, 4.69) is 55.9 Å². The molecule has 1 aliphatic heterocycles. The van der Waals surface area contributed by atoms with Crippen molar-refractivity contribution in [1.82, 2.24) is 30.0 Å². The molecule has 13 nitrogen and oxygen atoms in total. The van der Waals surface area contributed by atoms with Crippen molar-refractivity contribution < 1.29 is 19.1 Å². The average Bonchev–Trinajstić information content (AvgIpc) is 3.63. The van der Waals surface area contributed by atoms with Crippen LogP contribution in [0.5, 0.6) is 11.6 Å². The Kier molecular flexibility index (Phi) is 11.5. The van der Waals surface area contributed by atoms with Gasteiger partial charge in [0.2, 0.25) is 11.8 Å². The molecule has 4 aromatic carbocycles. The van der Waals surface area contributed by atoms with Crippen LogP contribution < -0.4 is 26.0 Å². The molecule has 0 radical (unpaired) electrons. The number of morpholine rings is 1. The largest absolute Gasteiger partial charge is 0.438 e. The summed E-state index contributed by atoms with van der Waals surface area (Å²) in [5.74, 6) is 4.37. The third kappa shape index (κ3) is 8.95. The van der Waals surface area contributed by atoms with Gasteiger partial charge < -0.3 is 25.4 Å². The van der Waals surface area contributed by atoms with E-state index < -0.39 is 6.03 Å². The fraction of sp³-hybridized carbons (Fsp3) is 0.233. The first-order valence-corrected chi connectivity index (χ1v) is 18.4. The molecule has 0 saturated carbocycles. The fourth-order valence-corrected chi connectivity index (χ4v) is 6.33. The molecule has 0 bridgehead atoms. The standard InChI is InChI=1S/C43H43N9O4/c1-5-30-9-8-10-31(25-30)41(53)44-21-22-51-23-24-55-27-39(51)47-42-45-20-19-40(49-42)56-37-18-17-35(33-11-6-7-12-34(33)37)46-43(54)48-38-26-36(28(2)3)50-52(38)32-15-13-29(4)14-16-32/h1,6-20,25-26,28,39H,21-24,27H2,2-4H3,(H,44,53)(H,45,47,49)(H2,46,48,54). The second kappa shape index (κ2) is 17.2. The van der Waals surface area contributed by atoms with Crippen LogP contribution in [-0.2, 0) is 4.74 Å². The van der Waals surface area contributed by atoms with E-state index in [1.54, 1.807) is 53.3 Å². The van der Waals surface area contributed by atoms with Gasteiger partial charge >= 0.3 is 6.03 Å². The topological polar surface area (TPSA) is 148 Å². The Morgan fingerprint density at radius 3 is 2.61 bits per heavy atom. The summed E-state index contributed by atoms with van der Waals surface area (Å²) in [5, 5.41) is 18.7. The van der Waals surface area contributed by atoms with Gasteiger partial charge in [-0.1, -0.05) is 67.8 Å². The van der Waals surface area contributed by atoms with E-state index in [1.807, 2.05) is 61.5 Å². The fourth-order valence-electron chi connectivity index (χ4n) is 6.33. The number of nitrogens with one attached hydrogen (secondary N) is 4. The van der Waals surface area contributed by atoms with Crippen LogP contribution in [0.2, 0.25) is 0 Å². The Hall–Kier alpha value is -6.75. The monoisotopic (exact) mass is 749 g/mol. The lowest BCUT2D eigenvalue weighted by molar-refractivity contribution is 0.00368. The minimum atomic E-state index is -0.406. The van der Waals surface area contributed by atoms with Crippen LogP contribution in [-0.4, -0.2) is 75.6 Å². The molecule has 1 unspecified atom stereocenters. The molecule has 56 heavy (non-hydrogen) atoms. The van der Waals surface area contributed by atoms with Gasteiger partial charge in [-0.3, -0.25) is 15.0 Å². The van der Waals surface area contributed by atoms with Crippen LogP contribution in [0.3, 0.4) is 0 Å². The van der Waals surface area contributed by atoms with Crippen molar-refractivity contribution in [3.8, 4) is 29.7 Å². The van der Waals surface area contributed by atoms with E-state index >= 15 is 0 Å². The quantitative estimate of drug-likeness (QED) is 0.0957. The molecule has 0 aliphatic carbocycles. The van der Waals surface area contributed by atoms with Crippen molar-refractivity contribution in [2.75, 3.05) is 48.8 Å². The molecule has 3 amide bonds. The summed E-state index contributed by atoms with van der Waals surface area (Å²) < 4.78 is 13.8. The highest BCUT2D eigenvalue weighted by molar-refractivity contribution is 6.07. The number of rotatable bonds is 12. The Balaban J connectivity index is 1.01. The molecule has 6 aromatic rings. The van der Waals surface area contributed by atoms with Crippen molar-refractivity contribution in [1.29, 1.82) is 0 Å². The van der Waals surface area contributed by atoms with Crippen molar-refractivity contribution in [3.05, 3.63) is 126 Å².